The summed E-state index contributed by atoms with van der Waals surface area (Å²) in [6.07, 6.45) is 1.10. The van der Waals surface area contributed by atoms with Crippen molar-refractivity contribution in [1.82, 2.24) is 9.55 Å². The van der Waals surface area contributed by atoms with Crippen molar-refractivity contribution in [2.24, 2.45) is 4.99 Å². The molecule has 0 bridgehead atoms. The molecule has 0 aliphatic rings. The van der Waals surface area contributed by atoms with Gasteiger partial charge in [0.1, 0.15) is 17.2 Å². The van der Waals surface area contributed by atoms with Gasteiger partial charge in [0.2, 0.25) is 5.88 Å². The first-order valence-corrected chi connectivity index (χ1v) is 7.99. The summed E-state index contributed by atoms with van der Waals surface area (Å²) in [4.78, 5) is 18.5. The molecule has 0 fully saturated rings. The van der Waals surface area contributed by atoms with Crippen molar-refractivity contribution in [3.63, 3.8) is 0 Å². The molecular formula is C17H10ClF2N3O2S. The molecule has 0 saturated heterocycles. The van der Waals surface area contributed by atoms with E-state index in [0.29, 0.717) is 5.69 Å². The summed E-state index contributed by atoms with van der Waals surface area (Å²) < 4.78 is 27.4. The molecule has 0 aliphatic carbocycles. The molecule has 3 aromatic rings. The van der Waals surface area contributed by atoms with Gasteiger partial charge < -0.3 is 5.11 Å². The van der Waals surface area contributed by atoms with Crippen LogP contribution in [0.3, 0.4) is 0 Å². The average molecular weight is 394 g/mol. The summed E-state index contributed by atoms with van der Waals surface area (Å²) in [5.41, 5.74) is -0.207. The van der Waals surface area contributed by atoms with Gasteiger partial charge in [-0.15, -0.1) is 0 Å². The topological polar surface area (TPSA) is 70.4 Å². The highest BCUT2D eigenvalue weighted by Crippen LogP contribution is 2.23. The number of rotatable bonds is 3. The summed E-state index contributed by atoms with van der Waals surface area (Å²) >= 11 is 10.7. The molecule has 2 N–H and O–H groups in total. The Morgan fingerprint density at radius 2 is 1.88 bits per heavy atom. The summed E-state index contributed by atoms with van der Waals surface area (Å²) in [6.45, 7) is 0. The summed E-state index contributed by atoms with van der Waals surface area (Å²) in [6, 6.07) is 8.93. The first kappa shape index (κ1) is 18.0. The highest BCUT2D eigenvalue weighted by molar-refractivity contribution is 7.71. The van der Waals surface area contributed by atoms with Crippen LogP contribution in [0.2, 0.25) is 5.02 Å². The second-order valence-electron chi connectivity index (χ2n) is 5.16. The Kier molecular flexibility index (Phi) is 4.97. The van der Waals surface area contributed by atoms with Gasteiger partial charge in [-0.25, -0.2) is 8.78 Å². The van der Waals surface area contributed by atoms with Crippen molar-refractivity contribution >= 4 is 35.7 Å². The fourth-order valence-electron chi connectivity index (χ4n) is 2.19. The highest BCUT2D eigenvalue weighted by Gasteiger charge is 2.12. The van der Waals surface area contributed by atoms with E-state index in [1.165, 1.54) is 36.4 Å². The van der Waals surface area contributed by atoms with Crippen molar-refractivity contribution in [2.75, 3.05) is 0 Å². The Morgan fingerprint density at radius 3 is 2.54 bits per heavy atom. The number of hydrogen-bond acceptors (Lipinski definition) is 4. The number of aromatic nitrogens is 2. The predicted molar refractivity (Wildman–Crippen MR) is 97.5 cm³/mol. The van der Waals surface area contributed by atoms with Gasteiger partial charge in [0.05, 0.1) is 16.4 Å². The molecule has 9 heteroatoms. The zero-order chi connectivity index (χ0) is 18.8. The third-order valence-electron chi connectivity index (χ3n) is 3.45. The molecule has 1 aromatic heterocycles. The third kappa shape index (κ3) is 3.56. The van der Waals surface area contributed by atoms with Crippen LogP contribution in [-0.2, 0) is 0 Å². The first-order chi connectivity index (χ1) is 12.4. The fourth-order valence-corrected chi connectivity index (χ4v) is 2.65. The first-order valence-electron chi connectivity index (χ1n) is 7.20. The monoisotopic (exact) mass is 393 g/mol. The molecule has 5 nitrogen and oxygen atoms in total. The number of hydrogen-bond donors (Lipinski definition) is 2. The lowest BCUT2D eigenvalue weighted by Gasteiger charge is -2.11. The van der Waals surface area contributed by atoms with E-state index in [1.54, 1.807) is 0 Å². The molecule has 0 amide bonds. The lowest BCUT2D eigenvalue weighted by atomic mass is 10.2. The second-order valence-corrected chi connectivity index (χ2v) is 5.96. The number of H-pyrrole nitrogens is 1. The molecule has 0 saturated carbocycles. The molecular weight excluding hydrogens is 384 g/mol. The molecule has 1 heterocycles. The van der Waals surface area contributed by atoms with E-state index in [1.807, 2.05) is 0 Å². The number of aliphatic imine (C=N–C) groups is 1. The second kappa shape index (κ2) is 7.19. The molecule has 0 radical (unpaired) electrons. The fraction of sp³-hybridized carbons (Fsp3) is 0. The van der Waals surface area contributed by atoms with Gasteiger partial charge in [-0.3, -0.25) is 19.3 Å². The van der Waals surface area contributed by atoms with E-state index >= 15 is 0 Å². The van der Waals surface area contributed by atoms with Crippen molar-refractivity contribution < 1.29 is 13.9 Å². The number of nitrogens with zero attached hydrogens (tertiary/aromatic N) is 2. The third-order valence-corrected chi connectivity index (χ3v) is 4.03. The van der Waals surface area contributed by atoms with Crippen LogP contribution in [0.1, 0.15) is 5.56 Å². The smallest absolute Gasteiger partial charge is 0.264 e. The molecule has 0 atom stereocenters. The number of halogens is 3. The maximum Gasteiger partial charge on any atom is 0.264 e. The number of benzene rings is 2. The molecule has 26 heavy (non-hydrogen) atoms. The van der Waals surface area contributed by atoms with Gasteiger partial charge in [0.25, 0.3) is 5.56 Å². The lowest BCUT2D eigenvalue weighted by molar-refractivity contribution is 0.432. The Balaban J connectivity index is 2.10. The van der Waals surface area contributed by atoms with Crippen LogP contribution in [0.5, 0.6) is 5.88 Å². The van der Waals surface area contributed by atoms with Gasteiger partial charge in [0.15, 0.2) is 4.77 Å². The Hall–Kier alpha value is -2.84. The average Bonchev–Trinajstić information content (AvgIpc) is 2.59. The van der Waals surface area contributed by atoms with Crippen LogP contribution >= 0.6 is 23.8 Å². The maximum absolute atomic E-state index is 13.2. The van der Waals surface area contributed by atoms with Crippen LogP contribution in [0.25, 0.3) is 5.69 Å². The van der Waals surface area contributed by atoms with Crippen LogP contribution in [0.4, 0.5) is 14.5 Å². The molecule has 132 valence electrons. The number of aromatic hydroxyl groups is 1. The Morgan fingerprint density at radius 1 is 1.19 bits per heavy atom. The van der Waals surface area contributed by atoms with E-state index in [4.69, 9.17) is 23.8 Å². The summed E-state index contributed by atoms with van der Waals surface area (Å²) in [5.74, 6) is -1.53. The predicted octanol–water partition coefficient (Wildman–Crippen LogP) is 4.28. The zero-order valence-corrected chi connectivity index (χ0v) is 14.5. The quantitative estimate of drug-likeness (QED) is 0.515. The lowest BCUT2D eigenvalue weighted by Crippen LogP contribution is -2.18. The Labute approximate surface area is 155 Å². The molecule has 0 spiro atoms. The zero-order valence-electron chi connectivity index (χ0n) is 12.9. The molecule has 0 aliphatic heterocycles. The van der Waals surface area contributed by atoms with Gasteiger partial charge in [0, 0.05) is 6.21 Å². The van der Waals surface area contributed by atoms with Crippen molar-refractivity contribution in [3.8, 4) is 11.6 Å². The Bertz CT molecular complexity index is 1120. The van der Waals surface area contributed by atoms with Gasteiger partial charge >= 0.3 is 0 Å². The molecule has 0 unspecified atom stereocenters. The SMILES string of the molecule is O=c1[nH]c(=S)n(-c2ccc(F)cc2)c(O)c1C=Nc1ccc(F)c(Cl)c1. The van der Waals surface area contributed by atoms with Crippen LogP contribution in [0, 0.1) is 16.4 Å². The molecule has 3 rings (SSSR count). The maximum atomic E-state index is 13.2. The van der Waals surface area contributed by atoms with Gasteiger partial charge in [-0.2, -0.15) is 0 Å². The van der Waals surface area contributed by atoms with Gasteiger partial charge in [-0.05, 0) is 54.7 Å². The van der Waals surface area contributed by atoms with Crippen LogP contribution in [0.15, 0.2) is 52.3 Å². The van der Waals surface area contributed by atoms with E-state index in [9.17, 15) is 18.7 Å². The normalized spacial score (nSPS) is 11.2. The van der Waals surface area contributed by atoms with Crippen molar-refractivity contribution in [1.29, 1.82) is 0 Å². The highest BCUT2D eigenvalue weighted by atomic mass is 35.5. The van der Waals surface area contributed by atoms with Crippen LogP contribution < -0.4 is 5.56 Å². The molecule has 2 aromatic carbocycles. The largest absolute Gasteiger partial charge is 0.494 e. The van der Waals surface area contributed by atoms with E-state index < -0.39 is 23.1 Å². The van der Waals surface area contributed by atoms with Crippen molar-refractivity contribution in [3.05, 3.63) is 79.8 Å². The minimum Gasteiger partial charge on any atom is -0.494 e. The van der Waals surface area contributed by atoms with Crippen LogP contribution in [-0.4, -0.2) is 20.9 Å². The summed E-state index contributed by atoms with van der Waals surface area (Å²) in [5, 5.41) is 10.3. The number of aromatic amines is 1. The number of nitrogens with one attached hydrogen (secondary N) is 1. The van der Waals surface area contributed by atoms with Gasteiger partial charge in [-0.1, -0.05) is 11.6 Å². The minimum atomic E-state index is -0.664. The minimum absolute atomic E-state index is 0.0684. The van der Waals surface area contributed by atoms with E-state index in [2.05, 4.69) is 9.98 Å². The summed E-state index contributed by atoms with van der Waals surface area (Å²) in [7, 11) is 0. The standard InChI is InChI=1S/C17H10ClF2N3O2S/c18-13-7-10(3-6-14(13)20)21-8-12-15(24)22-17(26)23(16(12)25)11-4-1-9(19)2-5-11/h1-8,25H,(H,22,24,26). The van der Waals surface area contributed by atoms with E-state index in [0.717, 1.165) is 16.8 Å². The van der Waals surface area contributed by atoms with E-state index in [-0.39, 0.29) is 21.0 Å². The van der Waals surface area contributed by atoms with Crippen molar-refractivity contribution in [2.45, 2.75) is 0 Å².